The highest BCUT2D eigenvalue weighted by Crippen LogP contribution is 2.27. The number of nitrogens with zero attached hydrogens (tertiary/aromatic N) is 1. The van der Waals surface area contributed by atoms with Crippen molar-refractivity contribution in [2.75, 3.05) is 7.11 Å². The van der Waals surface area contributed by atoms with Gasteiger partial charge in [0.05, 0.1) is 12.6 Å². The largest absolute Gasteiger partial charge is 0.494 e. The van der Waals surface area contributed by atoms with E-state index in [1.165, 1.54) is 4.57 Å². The van der Waals surface area contributed by atoms with E-state index in [-0.39, 0.29) is 5.69 Å². The molecule has 3 rings (SSSR count). The van der Waals surface area contributed by atoms with Gasteiger partial charge in [0.1, 0.15) is 11.3 Å². The fourth-order valence-electron chi connectivity index (χ4n) is 1.93. The van der Waals surface area contributed by atoms with Crippen LogP contribution in [0.15, 0.2) is 44.2 Å². The molecular formula is C12H9BrN2O3. The van der Waals surface area contributed by atoms with Crippen molar-refractivity contribution in [2.45, 2.75) is 0 Å². The van der Waals surface area contributed by atoms with Gasteiger partial charge in [-0.15, -0.1) is 0 Å². The fourth-order valence-corrected chi connectivity index (χ4v) is 2.22. The quantitative estimate of drug-likeness (QED) is 0.792. The Bertz CT molecular complexity index is 769. The van der Waals surface area contributed by atoms with Gasteiger partial charge in [0, 0.05) is 6.07 Å². The Morgan fingerprint density at radius 1 is 1.33 bits per heavy atom. The average Bonchev–Trinajstić information content (AvgIpc) is 2.91. The van der Waals surface area contributed by atoms with E-state index in [9.17, 15) is 4.79 Å². The fraction of sp³-hybridized carbons (Fsp3) is 0.0833. The molecule has 0 saturated carbocycles. The van der Waals surface area contributed by atoms with Crippen LogP contribution in [-0.2, 0) is 0 Å². The molecule has 18 heavy (non-hydrogen) atoms. The minimum absolute atomic E-state index is 0.267. The number of H-pyrrole nitrogens is 1. The van der Waals surface area contributed by atoms with Crippen LogP contribution in [0.1, 0.15) is 0 Å². The van der Waals surface area contributed by atoms with Gasteiger partial charge in [0.2, 0.25) is 5.88 Å². The van der Waals surface area contributed by atoms with Crippen LogP contribution in [0.25, 0.3) is 16.9 Å². The molecule has 1 aromatic carbocycles. The number of hydrogen-bond donors (Lipinski definition) is 1. The van der Waals surface area contributed by atoms with Crippen LogP contribution in [0.2, 0.25) is 0 Å². The van der Waals surface area contributed by atoms with Crippen LogP contribution in [-0.4, -0.2) is 16.7 Å². The van der Waals surface area contributed by atoms with Gasteiger partial charge in [-0.3, -0.25) is 0 Å². The number of nitrogens with one attached hydrogen (secondary N) is 1. The summed E-state index contributed by atoms with van der Waals surface area (Å²) in [6.45, 7) is 0. The number of halogens is 1. The summed E-state index contributed by atoms with van der Waals surface area (Å²) in [5.74, 6) is 1.04. The van der Waals surface area contributed by atoms with E-state index >= 15 is 0 Å². The molecule has 92 valence electrons. The monoisotopic (exact) mass is 308 g/mol. The van der Waals surface area contributed by atoms with E-state index in [1.54, 1.807) is 25.3 Å². The molecule has 0 bridgehead atoms. The third kappa shape index (κ3) is 1.57. The maximum absolute atomic E-state index is 12.0. The van der Waals surface area contributed by atoms with E-state index in [0.29, 0.717) is 27.3 Å². The topological polar surface area (TPSA) is 60.2 Å². The molecule has 0 atom stereocenters. The summed E-state index contributed by atoms with van der Waals surface area (Å²) >= 11 is 3.22. The van der Waals surface area contributed by atoms with E-state index < -0.39 is 0 Å². The highest BCUT2D eigenvalue weighted by atomic mass is 79.9. The maximum atomic E-state index is 12.0. The van der Waals surface area contributed by atoms with Gasteiger partial charge in [-0.2, -0.15) is 0 Å². The first-order valence-corrected chi connectivity index (χ1v) is 6.03. The van der Waals surface area contributed by atoms with Gasteiger partial charge >= 0.3 is 5.69 Å². The zero-order chi connectivity index (χ0) is 12.7. The highest BCUT2D eigenvalue weighted by molar-refractivity contribution is 9.10. The molecule has 0 aliphatic heterocycles. The molecule has 2 aromatic heterocycles. The summed E-state index contributed by atoms with van der Waals surface area (Å²) in [6, 6.07) is 8.87. The number of rotatable bonds is 2. The Morgan fingerprint density at radius 3 is 2.83 bits per heavy atom. The molecule has 0 radical (unpaired) electrons. The average molecular weight is 309 g/mol. The zero-order valence-electron chi connectivity index (χ0n) is 9.44. The van der Waals surface area contributed by atoms with Gasteiger partial charge in [-0.05, 0) is 34.1 Å². The number of aromatic nitrogens is 2. The molecule has 0 aliphatic rings. The molecule has 1 N–H and O–H groups in total. The lowest BCUT2D eigenvalue weighted by Gasteiger charge is -2.04. The van der Waals surface area contributed by atoms with Crippen molar-refractivity contribution >= 4 is 27.0 Å². The molecule has 0 unspecified atom stereocenters. The molecule has 0 spiro atoms. The zero-order valence-corrected chi connectivity index (χ0v) is 11.0. The smallest absolute Gasteiger partial charge is 0.333 e. The first-order chi connectivity index (χ1) is 8.70. The number of benzene rings is 1. The lowest BCUT2D eigenvalue weighted by atomic mass is 10.3. The van der Waals surface area contributed by atoms with Crippen LogP contribution in [0.5, 0.6) is 5.75 Å². The normalized spacial score (nSPS) is 11.0. The number of ether oxygens (including phenoxy) is 1. The molecule has 5 nitrogen and oxygen atoms in total. The number of furan rings is 1. The Hall–Kier alpha value is -1.95. The SMILES string of the molecule is COc1cccc2[nH]c(=O)n(-c3ccc(Br)o3)c12. The number of hydrogen-bond acceptors (Lipinski definition) is 3. The molecule has 0 amide bonds. The van der Waals surface area contributed by atoms with Gasteiger partial charge in [0.25, 0.3) is 0 Å². The molecule has 0 aliphatic carbocycles. The minimum atomic E-state index is -0.267. The van der Waals surface area contributed by atoms with Crippen molar-refractivity contribution in [1.82, 2.24) is 9.55 Å². The predicted octanol–water partition coefficient (Wildman–Crippen LogP) is 2.68. The lowest BCUT2D eigenvalue weighted by Crippen LogP contribution is -2.14. The summed E-state index contributed by atoms with van der Waals surface area (Å²) < 4.78 is 12.7. The van der Waals surface area contributed by atoms with Crippen LogP contribution >= 0.6 is 15.9 Å². The Morgan fingerprint density at radius 2 is 2.17 bits per heavy atom. The summed E-state index contributed by atoms with van der Waals surface area (Å²) in [7, 11) is 1.56. The molecule has 0 fully saturated rings. The van der Waals surface area contributed by atoms with Crippen LogP contribution in [0.3, 0.4) is 0 Å². The first-order valence-electron chi connectivity index (χ1n) is 5.24. The Balaban J connectivity index is 2.41. The third-order valence-corrected chi connectivity index (χ3v) is 3.09. The van der Waals surface area contributed by atoms with E-state index in [1.807, 2.05) is 12.1 Å². The van der Waals surface area contributed by atoms with Gasteiger partial charge in [0.15, 0.2) is 4.67 Å². The van der Waals surface area contributed by atoms with Crippen LogP contribution in [0, 0.1) is 0 Å². The second kappa shape index (κ2) is 4.06. The van der Waals surface area contributed by atoms with Crippen molar-refractivity contribution in [3.05, 3.63) is 45.5 Å². The van der Waals surface area contributed by atoms with Gasteiger partial charge in [-0.1, -0.05) is 6.07 Å². The standard InChI is InChI=1S/C12H9BrN2O3/c1-17-8-4-2-3-7-11(8)15(12(16)14-7)10-6-5-9(13)18-10/h2-6H,1H3,(H,14,16). The molecule has 2 heterocycles. The maximum Gasteiger partial charge on any atom is 0.333 e. The second-order valence-electron chi connectivity index (χ2n) is 3.70. The number of methoxy groups -OCH3 is 1. The van der Waals surface area contributed by atoms with E-state index in [2.05, 4.69) is 20.9 Å². The first kappa shape index (κ1) is 11.2. The van der Waals surface area contributed by atoms with Crippen molar-refractivity contribution in [1.29, 1.82) is 0 Å². The molecule has 6 heteroatoms. The van der Waals surface area contributed by atoms with Crippen molar-refractivity contribution in [2.24, 2.45) is 0 Å². The number of para-hydroxylation sites is 1. The highest BCUT2D eigenvalue weighted by Gasteiger charge is 2.15. The minimum Gasteiger partial charge on any atom is -0.494 e. The van der Waals surface area contributed by atoms with Crippen LogP contribution in [0.4, 0.5) is 0 Å². The Labute approximate surface area is 110 Å². The summed E-state index contributed by atoms with van der Waals surface area (Å²) in [4.78, 5) is 14.8. The summed E-state index contributed by atoms with van der Waals surface area (Å²) in [6.07, 6.45) is 0. The number of fused-ring (bicyclic) bond motifs is 1. The Kier molecular flexibility index (Phi) is 2.52. The molecule has 3 aromatic rings. The summed E-state index contributed by atoms with van der Waals surface area (Å²) in [5.41, 5.74) is 1.09. The van der Waals surface area contributed by atoms with Gasteiger partial charge in [-0.25, -0.2) is 9.36 Å². The molecule has 0 saturated heterocycles. The van der Waals surface area contributed by atoms with Crippen molar-refractivity contribution in [3.63, 3.8) is 0 Å². The molecular weight excluding hydrogens is 300 g/mol. The predicted molar refractivity (Wildman–Crippen MR) is 70.4 cm³/mol. The lowest BCUT2D eigenvalue weighted by molar-refractivity contribution is 0.417. The number of aromatic amines is 1. The van der Waals surface area contributed by atoms with Crippen molar-refractivity contribution < 1.29 is 9.15 Å². The summed E-state index contributed by atoms with van der Waals surface area (Å²) in [5, 5.41) is 0. The number of imidazole rings is 1. The van der Waals surface area contributed by atoms with E-state index in [0.717, 1.165) is 0 Å². The second-order valence-corrected chi connectivity index (χ2v) is 4.48. The van der Waals surface area contributed by atoms with E-state index in [4.69, 9.17) is 9.15 Å². The van der Waals surface area contributed by atoms with Crippen molar-refractivity contribution in [3.8, 4) is 11.6 Å². The van der Waals surface area contributed by atoms with Crippen LogP contribution < -0.4 is 10.4 Å². The third-order valence-electron chi connectivity index (χ3n) is 2.67. The van der Waals surface area contributed by atoms with Gasteiger partial charge < -0.3 is 14.1 Å².